The third-order valence-corrected chi connectivity index (χ3v) is 7.12. The summed E-state index contributed by atoms with van der Waals surface area (Å²) in [7, 11) is 0. The fourth-order valence-electron chi connectivity index (χ4n) is 5.09. The Morgan fingerprint density at radius 1 is 1.03 bits per heavy atom. The summed E-state index contributed by atoms with van der Waals surface area (Å²) in [5, 5.41) is 3.03. The Hall–Kier alpha value is -2.65. The highest BCUT2D eigenvalue weighted by molar-refractivity contribution is 6.00. The van der Waals surface area contributed by atoms with Gasteiger partial charge in [-0.15, -0.1) is 13.2 Å². The highest BCUT2D eigenvalue weighted by Crippen LogP contribution is 2.37. The number of rotatable bonds is 8. The molecule has 196 valence electrons. The molecule has 4 rings (SSSR count). The number of halogens is 4. The topological polar surface area (TPSA) is 44.8 Å². The molecule has 5 nitrogen and oxygen atoms in total. The molecule has 2 aromatic carbocycles. The van der Waals surface area contributed by atoms with Gasteiger partial charge >= 0.3 is 6.36 Å². The first-order valence-electron chi connectivity index (χ1n) is 12.6. The molecule has 0 aromatic heterocycles. The average molecular weight is 508 g/mol. The zero-order valence-corrected chi connectivity index (χ0v) is 20.3. The number of piperidine rings is 2. The van der Waals surface area contributed by atoms with E-state index in [1.54, 1.807) is 0 Å². The van der Waals surface area contributed by atoms with Crippen LogP contribution in [0.4, 0.5) is 23.2 Å². The van der Waals surface area contributed by atoms with Crippen LogP contribution >= 0.6 is 0 Å². The van der Waals surface area contributed by atoms with Crippen molar-refractivity contribution >= 4 is 11.6 Å². The highest BCUT2D eigenvalue weighted by Gasteiger charge is 2.44. The van der Waals surface area contributed by atoms with E-state index in [1.165, 1.54) is 34.7 Å². The summed E-state index contributed by atoms with van der Waals surface area (Å²) in [6.07, 6.45) is -2.52. The number of nitrogens with zero attached hydrogens (tertiary/aromatic N) is 2. The molecule has 0 aliphatic carbocycles. The van der Waals surface area contributed by atoms with Crippen molar-refractivity contribution in [2.75, 3.05) is 37.6 Å². The van der Waals surface area contributed by atoms with Crippen LogP contribution in [0.1, 0.15) is 37.7 Å². The Kier molecular flexibility index (Phi) is 8.51. The molecule has 2 saturated heterocycles. The lowest BCUT2D eigenvalue weighted by Crippen LogP contribution is -2.52. The van der Waals surface area contributed by atoms with Crippen LogP contribution in [0.2, 0.25) is 0 Å². The van der Waals surface area contributed by atoms with Crippen molar-refractivity contribution in [3.63, 3.8) is 0 Å². The van der Waals surface area contributed by atoms with E-state index >= 15 is 4.39 Å². The number of carbonyl (C=O) groups excluding carboxylic acids is 1. The minimum absolute atomic E-state index is 0.0114. The number of ether oxygens (including phenoxy) is 1. The molecule has 0 atom stereocenters. The number of para-hydroxylation sites is 2. The largest absolute Gasteiger partial charge is 0.573 e. The van der Waals surface area contributed by atoms with E-state index in [-0.39, 0.29) is 25.1 Å². The minimum Gasteiger partial charge on any atom is -0.404 e. The van der Waals surface area contributed by atoms with Crippen LogP contribution in [-0.2, 0) is 11.3 Å². The monoisotopic (exact) mass is 507 g/mol. The summed E-state index contributed by atoms with van der Waals surface area (Å²) >= 11 is 0. The van der Waals surface area contributed by atoms with Gasteiger partial charge in [-0.25, -0.2) is 4.39 Å². The molecule has 1 N–H and O–H groups in total. The van der Waals surface area contributed by atoms with Gasteiger partial charge in [-0.2, -0.15) is 0 Å². The summed E-state index contributed by atoms with van der Waals surface area (Å²) < 4.78 is 59.1. The molecule has 2 aromatic rings. The van der Waals surface area contributed by atoms with Crippen molar-refractivity contribution in [3.05, 3.63) is 60.2 Å². The number of alkyl halides is 4. The maximum absolute atomic E-state index is 15.7. The van der Waals surface area contributed by atoms with Gasteiger partial charge in [0.15, 0.2) is 11.4 Å². The summed E-state index contributed by atoms with van der Waals surface area (Å²) in [6.45, 7) is 3.51. The number of anilines is 1. The van der Waals surface area contributed by atoms with Crippen molar-refractivity contribution in [1.82, 2.24) is 10.2 Å². The van der Waals surface area contributed by atoms with E-state index < -0.39 is 23.7 Å². The number of hydrogen-bond acceptors (Lipinski definition) is 4. The second-order valence-corrected chi connectivity index (χ2v) is 9.68. The van der Waals surface area contributed by atoms with E-state index in [0.717, 1.165) is 32.5 Å². The first-order chi connectivity index (χ1) is 17.2. The van der Waals surface area contributed by atoms with E-state index in [4.69, 9.17) is 0 Å². The highest BCUT2D eigenvalue weighted by atomic mass is 19.4. The van der Waals surface area contributed by atoms with Crippen LogP contribution in [0.3, 0.4) is 0 Å². The molecule has 2 aliphatic rings. The average Bonchev–Trinajstić information content (AvgIpc) is 2.86. The van der Waals surface area contributed by atoms with E-state index in [0.29, 0.717) is 25.4 Å². The van der Waals surface area contributed by atoms with Gasteiger partial charge in [-0.1, -0.05) is 42.5 Å². The Morgan fingerprint density at radius 3 is 2.33 bits per heavy atom. The molecule has 0 spiro atoms. The van der Waals surface area contributed by atoms with Gasteiger partial charge in [-0.3, -0.25) is 9.69 Å². The maximum Gasteiger partial charge on any atom is 0.573 e. The lowest BCUT2D eigenvalue weighted by molar-refractivity contribution is -0.274. The van der Waals surface area contributed by atoms with E-state index in [2.05, 4.69) is 27.1 Å². The molecule has 0 radical (unpaired) electrons. The van der Waals surface area contributed by atoms with Crippen LogP contribution in [-0.4, -0.2) is 55.6 Å². The second-order valence-electron chi connectivity index (χ2n) is 9.68. The van der Waals surface area contributed by atoms with Gasteiger partial charge in [0.25, 0.3) is 5.91 Å². The van der Waals surface area contributed by atoms with Crippen LogP contribution < -0.4 is 15.0 Å². The fourth-order valence-corrected chi connectivity index (χ4v) is 5.09. The lowest BCUT2D eigenvalue weighted by Gasteiger charge is -2.36. The van der Waals surface area contributed by atoms with Gasteiger partial charge in [-0.05, 0) is 69.1 Å². The normalized spacial score (nSPS) is 19.1. The Balaban J connectivity index is 1.45. The van der Waals surface area contributed by atoms with Crippen LogP contribution in [0, 0.1) is 5.92 Å². The predicted octanol–water partition coefficient (Wildman–Crippen LogP) is 5.31. The third-order valence-electron chi connectivity index (χ3n) is 7.12. The molecule has 2 aliphatic heterocycles. The Morgan fingerprint density at radius 2 is 1.67 bits per heavy atom. The molecule has 2 heterocycles. The van der Waals surface area contributed by atoms with Crippen LogP contribution in [0.25, 0.3) is 0 Å². The first-order valence-corrected chi connectivity index (χ1v) is 12.6. The quantitative estimate of drug-likeness (QED) is 0.492. The van der Waals surface area contributed by atoms with Gasteiger partial charge in [0, 0.05) is 25.9 Å². The summed E-state index contributed by atoms with van der Waals surface area (Å²) in [6, 6.07) is 15.7. The molecule has 9 heteroatoms. The van der Waals surface area contributed by atoms with Crippen molar-refractivity contribution < 1.29 is 27.1 Å². The molecular formula is C27H33F4N3O2. The number of amides is 1. The number of benzene rings is 2. The number of likely N-dealkylation sites (tertiary alicyclic amines) is 1. The van der Waals surface area contributed by atoms with Gasteiger partial charge < -0.3 is 15.0 Å². The smallest absolute Gasteiger partial charge is 0.404 e. The minimum atomic E-state index is -4.92. The van der Waals surface area contributed by atoms with Crippen molar-refractivity contribution in [2.24, 2.45) is 5.92 Å². The molecule has 36 heavy (non-hydrogen) atoms. The summed E-state index contributed by atoms with van der Waals surface area (Å²) in [4.78, 5) is 17.0. The molecule has 0 bridgehead atoms. The summed E-state index contributed by atoms with van der Waals surface area (Å²) in [5.74, 6) is -0.982. The zero-order chi connectivity index (χ0) is 25.6. The third kappa shape index (κ3) is 6.97. The van der Waals surface area contributed by atoms with Crippen molar-refractivity contribution in [3.8, 4) is 5.75 Å². The summed E-state index contributed by atoms with van der Waals surface area (Å²) in [5.41, 5.74) is -0.906. The molecule has 1 amide bonds. The molecule has 0 unspecified atom stereocenters. The molecular weight excluding hydrogens is 474 g/mol. The Labute approximate surface area is 209 Å². The van der Waals surface area contributed by atoms with Crippen molar-refractivity contribution in [1.29, 1.82) is 0 Å². The SMILES string of the molecule is O=C(N(CCC1CCN(Cc2ccccc2)CC1)c1ccccc1OC(F)(F)F)C1(F)CCNCC1. The lowest BCUT2D eigenvalue weighted by atomic mass is 9.90. The zero-order valence-electron chi connectivity index (χ0n) is 20.3. The fraction of sp³-hybridized carbons (Fsp3) is 0.519. The number of hydrogen-bond donors (Lipinski definition) is 1. The van der Waals surface area contributed by atoms with Gasteiger partial charge in [0.2, 0.25) is 0 Å². The van der Waals surface area contributed by atoms with Crippen molar-refractivity contribution in [2.45, 2.75) is 50.7 Å². The Bertz CT molecular complexity index is 988. The van der Waals surface area contributed by atoms with Crippen LogP contribution in [0.15, 0.2) is 54.6 Å². The second kappa shape index (κ2) is 11.6. The molecule has 2 fully saturated rings. The van der Waals surface area contributed by atoms with E-state index in [9.17, 15) is 18.0 Å². The first kappa shape index (κ1) is 26.4. The van der Waals surface area contributed by atoms with Gasteiger partial charge in [0.05, 0.1) is 5.69 Å². The number of carbonyl (C=O) groups is 1. The maximum atomic E-state index is 15.7. The van der Waals surface area contributed by atoms with Crippen LogP contribution in [0.5, 0.6) is 5.75 Å². The van der Waals surface area contributed by atoms with E-state index in [1.807, 2.05) is 18.2 Å². The standard InChI is InChI=1S/C27H33F4N3O2/c28-26(13-15-32-16-14-26)25(35)34(23-8-4-5-9-24(23)36-27(29,30)31)19-12-21-10-17-33(18-11-21)20-22-6-2-1-3-7-22/h1-9,21,32H,10-20H2. The predicted molar refractivity (Wildman–Crippen MR) is 130 cm³/mol. The number of nitrogens with one attached hydrogen (secondary N) is 1. The molecule has 0 saturated carbocycles. The van der Waals surface area contributed by atoms with Gasteiger partial charge in [0.1, 0.15) is 0 Å².